The van der Waals surface area contributed by atoms with E-state index in [1.165, 1.54) is 18.4 Å². The van der Waals surface area contributed by atoms with Gasteiger partial charge in [0.1, 0.15) is 0 Å². The summed E-state index contributed by atoms with van der Waals surface area (Å²) in [6, 6.07) is 10.8. The van der Waals surface area contributed by atoms with Gasteiger partial charge >= 0.3 is 5.97 Å². The fraction of sp³-hybridized carbons (Fsp3) is 0.588. The van der Waals surface area contributed by atoms with E-state index in [1.54, 1.807) is 0 Å². The fourth-order valence-corrected chi connectivity index (χ4v) is 3.94. The second kappa shape index (κ2) is 5.96. The Morgan fingerprint density at radius 2 is 1.80 bits per heavy atom. The van der Waals surface area contributed by atoms with Gasteiger partial charge in [-0.25, -0.2) is 0 Å². The molecule has 1 aliphatic carbocycles. The lowest BCUT2D eigenvalue weighted by molar-refractivity contribution is -0.145. The summed E-state index contributed by atoms with van der Waals surface area (Å²) in [5.74, 6) is -0.251. The molecule has 0 bridgehead atoms. The molecule has 3 unspecified atom stereocenters. The van der Waals surface area contributed by atoms with Gasteiger partial charge < -0.3 is 5.11 Å². The van der Waals surface area contributed by atoms with Gasteiger partial charge in [-0.1, -0.05) is 30.3 Å². The van der Waals surface area contributed by atoms with Crippen molar-refractivity contribution in [3.8, 4) is 0 Å². The smallest absolute Gasteiger partial charge is 0.308 e. The van der Waals surface area contributed by atoms with Crippen molar-refractivity contribution in [3.05, 3.63) is 35.9 Å². The van der Waals surface area contributed by atoms with Crippen molar-refractivity contribution in [1.82, 2.24) is 4.90 Å². The van der Waals surface area contributed by atoms with Crippen molar-refractivity contribution in [3.63, 3.8) is 0 Å². The van der Waals surface area contributed by atoms with E-state index in [0.717, 1.165) is 32.4 Å². The predicted molar refractivity (Wildman–Crippen MR) is 78.8 cm³/mol. The molecule has 0 amide bonds. The average molecular weight is 273 g/mol. The molecule has 1 aromatic carbocycles. The number of rotatable bonds is 3. The Morgan fingerprint density at radius 3 is 2.45 bits per heavy atom. The third-order valence-corrected chi connectivity index (χ3v) is 5.01. The highest BCUT2D eigenvalue weighted by Gasteiger charge is 2.39. The lowest BCUT2D eigenvalue weighted by Crippen LogP contribution is -2.45. The number of hydrogen-bond donors (Lipinski definition) is 1. The minimum atomic E-state index is -0.603. The number of carboxylic acids is 1. The Hall–Kier alpha value is -1.35. The Kier molecular flexibility index (Phi) is 4.06. The summed E-state index contributed by atoms with van der Waals surface area (Å²) in [5.41, 5.74) is 1.38. The van der Waals surface area contributed by atoms with Crippen molar-refractivity contribution < 1.29 is 9.90 Å². The van der Waals surface area contributed by atoms with E-state index in [-0.39, 0.29) is 12.0 Å². The lowest BCUT2D eigenvalue weighted by Gasteiger charge is -2.39. The van der Waals surface area contributed by atoms with Crippen LogP contribution in [-0.4, -0.2) is 35.1 Å². The minimum absolute atomic E-state index is 0.173. The molecule has 2 aliphatic rings. The summed E-state index contributed by atoms with van der Waals surface area (Å²) in [6.45, 7) is 2.16. The van der Waals surface area contributed by atoms with Crippen molar-refractivity contribution in [2.24, 2.45) is 5.92 Å². The summed E-state index contributed by atoms with van der Waals surface area (Å²) in [6.07, 6.45) is 5.26. The zero-order valence-electron chi connectivity index (χ0n) is 11.9. The molecule has 0 spiro atoms. The molecule has 3 nitrogen and oxygen atoms in total. The lowest BCUT2D eigenvalue weighted by atomic mass is 9.75. The predicted octanol–water partition coefficient (Wildman–Crippen LogP) is 3.12. The molecular formula is C17H23NO2. The van der Waals surface area contributed by atoms with Crippen LogP contribution in [0.3, 0.4) is 0 Å². The van der Waals surface area contributed by atoms with Crippen LogP contribution in [-0.2, 0) is 4.79 Å². The third-order valence-electron chi connectivity index (χ3n) is 5.01. The number of carbonyl (C=O) groups is 1. The third kappa shape index (κ3) is 2.73. The molecule has 1 aliphatic heterocycles. The topological polar surface area (TPSA) is 40.5 Å². The minimum Gasteiger partial charge on any atom is -0.481 e. The van der Waals surface area contributed by atoms with E-state index in [4.69, 9.17) is 0 Å². The van der Waals surface area contributed by atoms with Gasteiger partial charge in [-0.3, -0.25) is 9.69 Å². The molecule has 0 aromatic heterocycles. The van der Waals surface area contributed by atoms with Crippen LogP contribution in [0.15, 0.2) is 30.3 Å². The van der Waals surface area contributed by atoms with Gasteiger partial charge in [0.2, 0.25) is 0 Å². The highest BCUT2D eigenvalue weighted by Crippen LogP contribution is 2.39. The highest BCUT2D eigenvalue weighted by molar-refractivity contribution is 5.71. The molecule has 3 heteroatoms. The van der Waals surface area contributed by atoms with Crippen LogP contribution >= 0.6 is 0 Å². The number of likely N-dealkylation sites (tertiary alicyclic amines) is 1. The van der Waals surface area contributed by atoms with Crippen molar-refractivity contribution in [2.75, 3.05) is 13.1 Å². The van der Waals surface area contributed by atoms with Gasteiger partial charge in [-0.15, -0.1) is 0 Å². The van der Waals surface area contributed by atoms with E-state index >= 15 is 0 Å². The second-order valence-corrected chi connectivity index (χ2v) is 6.18. The number of benzene rings is 1. The van der Waals surface area contributed by atoms with Crippen LogP contribution in [0.4, 0.5) is 0 Å². The molecule has 3 atom stereocenters. The van der Waals surface area contributed by atoms with Gasteiger partial charge in [0, 0.05) is 6.04 Å². The zero-order chi connectivity index (χ0) is 13.9. The Labute approximate surface area is 120 Å². The fourth-order valence-electron chi connectivity index (χ4n) is 3.94. The summed E-state index contributed by atoms with van der Waals surface area (Å²) in [7, 11) is 0. The van der Waals surface area contributed by atoms with Crippen LogP contribution in [0.1, 0.15) is 43.6 Å². The normalized spacial score (nSPS) is 31.3. The van der Waals surface area contributed by atoms with E-state index in [9.17, 15) is 9.90 Å². The molecule has 1 N–H and O–H groups in total. The van der Waals surface area contributed by atoms with E-state index in [1.807, 2.05) is 6.07 Å². The number of hydrogen-bond acceptors (Lipinski definition) is 2. The molecular weight excluding hydrogens is 250 g/mol. The van der Waals surface area contributed by atoms with Crippen LogP contribution in [0.2, 0.25) is 0 Å². The van der Waals surface area contributed by atoms with Gasteiger partial charge in [-0.05, 0) is 56.7 Å². The molecule has 3 rings (SSSR count). The van der Waals surface area contributed by atoms with E-state index in [0.29, 0.717) is 5.92 Å². The molecule has 2 fully saturated rings. The molecule has 1 heterocycles. The second-order valence-electron chi connectivity index (χ2n) is 6.18. The van der Waals surface area contributed by atoms with Gasteiger partial charge in [-0.2, -0.15) is 0 Å². The van der Waals surface area contributed by atoms with Crippen LogP contribution < -0.4 is 0 Å². The Bertz CT molecular complexity index is 453. The van der Waals surface area contributed by atoms with E-state index < -0.39 is 5.97 Å². The number of carboxylic acid groups (broad SMARTS) is 1. The van der Waals surface area contributed by atoms with Gasteiger partial charge in [0.05, 0.1) is 5.92 Å². The average Bonchev–Trinajstić information content (AvgIpc) is 3.01. The van der Waals surface area contributed by atoms with E-state index in [2.05, 4.69) is 29.2 Å². The highest BCUT2D eigenvalue weighted by atomic mass is 16.4. The molecule has 1 saturated heterocycles. The van der Waals surface area contributed by atoms with Crippen LogP contribution in [0.5, 0.6) is 0 Å². The van der Waals surface area contributed by atoms with Crippen LogP contribution in [0, 0.1) is 5.92 Å². The van der Waals surface area contributed by atoms with Crippen molar-refractivity contribution in [1.29, 1.82) is 0 Å². The first kappa shape index (κ1) is 13.6. The zero-order valence-corrected chi connectivity index (χ0v) is 11.9. The standard InChI is InChI=1S/C17H23NO2/c19-17(20)15-9-8-14(13-6-2-1-3-7-13)12-16(15)18-10-4-5-11-18/h1-3,6-7,14-16H,4-5,8-12H2,(H,19,20). The first-order valence-corrected chi connectivity index (χ1v) is 7.77. The Balaban J connectivity index is 1.77. The number of aliphatic carboxylic acids is 1. The summed E-state index contributed by atoms with van der Waals surface area (Å²) < 4.78 is 0. The molecule has 20 heavy (non-hydrogen) atoms. The SMILES string of the molecule is O=C(O)C1CCC(c2ccccc2)CC1N1CCCC1. The molecule has 1 aromatic rings. The molecule has 0 radical (unpaired) electrons. The Morgan fingerprint density at radius 1 is 1.10 bits per heavy atom. The maximum atomic E-state index is 11.5. The van der Waals surface area contributed by atoms with Crippen molar-refractivity contribution in [2.45, 2.75) is 44.1 Å². The van der Waals surface area contributed by atoms with Crippen LogP contribution in [0.25, 0.3) is 0 Å². The summed E-state index contributed by atoms with van der Waals surface area (Å²) in [5, 5.41) is 9.50. The summed E-state index contributed by atoms with van der Waals surface area (Å²) in [4.78, 5) is 14.0. The quantitative estimate of drug-likeness (QED) is 0.920. The maximum absolute atomic E-state index is 11.5. The summed E-state index contributed by atoms with van der Waals surface area (Å²) >= 11 is 0. The van der Waals surface area contributed by atoms with Gasteiger partial charge in [0.25, 0.3) is 0 Å². The largest absolute Gasteiger partial charge is 0.481 e. The van der Waals surface area contributed by atoms with Gasteiger partial charge in [0.15, 0.2) is 0 Å². The first-order chi connectivity index (χ1) is 9.75. The first-order valence-electron chi connectivity index (χ1n) is 7.77. The number of nitrogens with zero attached hydrogens (tertiary/aromatic N) is 1. The molecule has 108 valence electrons. The monoisotopic (exact) mass is 273 g/mol. The van der Waals surface area contributed by atoms with Crippen molar-refractivity contribution >= 4 is 5.97 Å². The molecule has 1 saturated carbocycles. The maximum Gasteiger partial charge on any atom is 0.308 e.